The fourth-order valence-corrected chi connectivity index (χ4v) is 5.77. The van der Waals surface area contributed by atoms with Crippen molar-refractivity contribution in [2.45, 2.75) is 70.5 Å². The lowest BCUT2D eigenvalue weighted by Gasteiger charge is -2.25. The van der Waals surface area contributed by atoms with Crippen molar-refractivity contribution in [1.29, 1.82) is 0 Å². The Morgan fingerprint density at radius 1 is 1.22 bits per heavy atom. The molecule has 0 radical (unpaired) electrons. The van der Waals surface area contributed by atoms with E-state index in [9.17, 15) is 19.5 Å². The summed E-state index contributed by atoms with van der Waals surface area (Å²) in [7, 11) is 3.30. The van der Waals surface area contributed by atoms with Crippen molar-refractivity contribution in [2.24, 2.45) is 5.92 Å². The van der Waals surface area contributed by atoms with Crippen LogP contribution < -0.4 is 20.1 Å². The number of aliphatic carboxylic acids is 1. The van der Waals surface area contributed by atoms with Gasteiger partial charge in [0.1, 0.15) is 23.1 Å². The Morgan fingerprint density at radius 2 is 2.04 bits per heavy atom. The van der Waals surface area contributed by atoms with Crippen molar-refractivity contribution < 1.29 is 29.0 Å². The van der Waals surface area contributed by atoms with E-state index in [1.54, 1.807) is 25.3 Å². The Bertz CT molecular complexity index is 1600. The van der Waals surface area contributed by atoms with E-state index >= 15 is 0 Å². The second-order valence-corrected chi connectivity index (χ2v) is 11.8. The number of ether oxygens (including phenoxy) is 2. The molecule has 3 N–H and O–H groups in total. The molecule has 45 heavy (non-hydrogen) atoms. The maximum Gasteiger partial charge on any atom is 0.330 e. The van der Waals surface area contributed by atoms with E-state index in [1.807, 2.05) is 48.2 Å². The van der Waals surface area contributed by atoms with Gasteiger partial charge in [0.05, 0.1) is 31.1 Å². The quantitative estimate of drug-likeness (QED) is 0.301. The molecule has 1 fully saturated rings. The van der Waals surface area contributed by atoms with Crippen molar-refractivity contribution in [2.75, 3.05) is 27.3 Å². The molecular weight excluding hydrogens is 576 g/mol. The molecule has 5 rings (SSSR count). The zero-order valence-corrected chi connectivity index (χ0v) is 26.3. The van der Waals surface area contributed by atoms with Crippen LogP contribution >= 0.6 is 0 Å². The average Bonchev–Trinajstić information content (AvgIpc) is 3.52. The van der Waals surface area contributed by atoms with Crippen LogP contribution in [0.2, 0.25) is 0 Å². The molecule has 0 unspecified atom stereocenters. The first kappa shape index (κ1) is 31.8. The van der Waals surface area contributed by atoms with E-state index in [0.29, 0.717) is 35.7 Å². The molecule has 3 heterocycles. The van der Waals surface area contributed by atoms with Gasteiger partial charge in [-0.3, -0.25) is 9.48 Å². The number of carbonyl (C=O) groups excluding carboxylic acids is 2. The number of aryl methyl sites for hydroxylation is 2. The number of nitrogens with zero attached hydrogens (tertiary/aromatic N) is 4. The van der Waals surface area contributed by atoms with Crippen LogP contribution in [0, 0.1) is 12.8 Å². The third kappa shape index (κ3) is 6.89. The Hall–Kier alpha value is -4.61. The number of benzene rings is 1. The number of carboxylic acid groups (broad SMARTS) is 1. The number of rotatable bonds is 9. The van der Waals surface area contributed by atoms with Gasteiger partial charge >= 0.3 is 12.0 Å². The van der Waals surface area contributed by atoms with Crippen LogP contribution in [-0.4, -0.2) is 81.6 Å². The number of methoxy groups -OCH3 is 1. The molecule has 2 aliphatic rings. The zero-order chi connectivity index (χ0) is 32.1. The van der Waals surface area contributed by atoms with Gasteiger partial charge in [0.15, 0.2) is 0 Å². The number of urea groups is 1. The van der Waals surface area contributed by atoms with Crippen LogP contribution in [-0.2, 0) is 16.1 Å². The molecule has 240 valence electrons. The normalized spacial score (nSPS) is 23.0. The molecule has 12 nitrogen and oxygen atoms in total. The summed E-state index contributed by atoms with van der Waals surface area (Å²) in [5, 5.41) is 20.8. The first-order chi connectivity index (χ1) is 21.7. The van der Waals surface area contributed by atoms with Crippen molar-refractivity contribution >= 4 is 28.8 Å². The van der Waals surface area contributed by atoms with Gasteiger partial charge in [-0.2, -0.15) is 5.10 Å². The van der Waals surface area contributed by atoms with Crippen molar-refractivity contribution in [1.82, 2.24) is 30.3 Å². The molecule has 3 amide bonds. The third-order valence-corrected chi connectivity index (χ3v) is 8.60. The number of nitrogens with one attached hydrogen (secondary N) is 2. The molecular formula is C33H42N6O6. The van der Waals surface area contributed by atoms with Crippen LogP contribution in [0.4, 0.5) is 4.79 Å². The SMILES string of the molecule is CCCn1cc(-c2cc(OCC[C@@H]3NC(=O)N(C)CCCC/C=C\[C@@H]4C[C@@]4(C(=O)O)NC3=O)c3ccc(OC)c(C)c3n2)cn1. The number of fused-ring (bicyclic) bond motifs is 2. The number of hydrogen-bond acceptors (Lipinski definition) is 7. The number of carboxylic acids is 1. The molecule has 1 saturated carbocycles. The highest BCUT2D eigenvalue weighted by Gasteiger charge is 2.60. The maximum atomic E-state index is 13.5. The van der Waals surface area contributed by atoms with E-state index in [2.05, 4.69) is 22.7 Å². The van der Waals surface area contributed by atoms with Crippen LogP contribution in [0.25, 0.3) is 22.2 Å². The van der Waals surface area contributed by atoms with Gasteiger partial charge in [0.2, 0.25) is 5.91 Å². The Morgan fingerprint density at radius 3 is 2.80 bits per heavy atom. The van der Waals surface area contributed by atoms with Crippen molar-refractivity contribution in [3.05, 3.63) is 48.3 Å². The average molecular weight is 619 g/mol. The molecule has 1 aliphatic heterocycles. The van der Waals surface area contributed by atoms with Crippen LogP contribution in [0.15, 0.2) is 42.7 Å². The van der Waals surface area contributed by atoms with Gasteiger partial charge in [0, 0.05) is 61.3 Å². The second kappa shape index (κ2) is 13.6. The molecule has 0 spiro atoms. The maximum absolute atomic E-state index is 13.5. The van der Waals surface area contributed by atoms with Crippen LogP contribution in [0.5, 0.6) is 11.5 Å². The Balaban J connectivity index is 1.41. The van der Waals surface area contributed by atoms with E-state index in [4.69, 9.17) is 14.5 Å². The van der Waals surface area contributed by atoms with Gasteiger partial charge in [-0.05, 0) is 51.2 Å². The summed E-state index contributed by atoms with van der Waals surface area (Å²) in [5.41, 5.74) is 1.72. The van der Waals surface area contributed by atoms with E-state index in [-0.39, 0.29) is 18.9 Å². The predicted octanol–water partition coefficient (Wildman–Crippen LogP) is 4.30. The third-order valence-electron chi connectivity index (χ3n) is 8.60. The lowest BCUT2D eigenvalue weighted by Crippen LogP contribution is -2.55. The topological polar surface area (TPSA) is 148 Å². The number of pyridine rings is 1. The highest BCUT2D eigenvalue weighted by Crippen LogP contribution is 2.45. The lowest BCUT2D eigenvalue weighted by molar-refractivity contribution is -0.143. The second-order valence-electron chi connectivity index (χ2n) is 11.8. The number of amides is 3. The number of allylic oxidation sites excluding steroid dienone is 1. The van der Waals surface area contributed by atoms with Gasteiger partial charge in [-0.25, -0.2) is 14.6 Å². The zero-order valence-electron chi connectivity index (χ0n) is 26.3. The number of carbonyl (C=O) groups is 3. The number of hydrogen-bond donors (Lipinski definition) is 3. The smallest absolute Gasteiger partial charge is 0.330 e. The lowest BCUT2D eigenvalue weighted by atomic mass is 10.1. The van der Waals surface area contributed by atoms with Gasteiger partial charge < -0.3 is 30.1 Å². The van der Waals surface area contributed by atoms with E-state index in [1.165, 1.54) is 0 Å². The van der Waals surface area contributed by atoms with Crippen LogP contribution in [0.3, 0.4) is 0 Å². The summed E-state index contributed by atoms with van der Waals surface area (Å²) < 4.78 is 13.7. The molecule has 0 bridgehead atoms. The standard InChI is InChI=1S/C33H42N6O6/c1-5-14-39-20-22(19-34-39)26-17-28(24-11-12-27(44-4)21(2)29(24)35-26)45-16-13-25-30(40)37-33(31(41)42)18-23(33)10-8-6-7-9-15-38(3)32(43)36-25/h8,10-12,17,19-20,23,25H,5-7,9,13-16,18H2,1-4H3,(H,36,43)(H,37,40)(H,41,42)/b10-8-/t23-,25+,33-/m1/s1. The highest BCUT2D eigenvalue weighted by atomic mass is 16.5. The van der Waals surface area contributed by atoms with Crippen molar-refractivity contribution in [3.8, 4) is 22.8 Å². The van der Waals surface area contributed by atoms with Crippen molar-refractivity contribution in [3.63, 3.8) is 0 Å². The summed E-state index contributed by atoms with van der Waals surface area (Å²) in [4.78, 5) is 45.3. The largest absolute Gasteiger partial charge is 0.496 e. The molecule has 1 aromatic carbocycles. The Labute approximate surface area is 262 Å². The first-order valence-corrected chi connectivity index (χ1v) is 15.5. The predicted molar refractivity (Wildman–Crippen MR) is 169 cm³/mol. The Kier molecular flexibility index (Phi) is 9.60. The minimum atomic E-state index is -1.37. The summed E-state index contributed by atoms with van der Waals surface area (Å²) in [6, 6.07) is 4.19. The first-order valence-electron chi connectivity index (χ1n) is 15.5. The monoisotopic (exact) mass is 618 g/mol. The summed E-state index contributed by atoms with van der Waals surface area (Å²) in [6.45, 7) is 5.42. The van der Waals surface area contributed by atoms with Gasteiger partial charge in [0.25, 0.3) is 0 Å². The molecule has 3 aromatic rings. The van der Waals surface area contributed by atoms with Crippen LogP contribution in [0.1, 0.15) is 51.0 Å². The summed E-state index contributed by atoms with van der Waals surface area (Å²) in [6.07, 6.45) is 11.4. The van der Waals surface area contributed by atoms with Gasteiger partial charge in [-0.1, -0.05) is 19.1 Å². The fourth-order valence-electron chi connectivity index (χ4n) is 5.77. The molecule has 1 aliphatic carbocycles. The fraction of sp³-hybridized carbons (Fsp3) is 0.485. The molecule has 3 atom stereocenters. The summed E-state index contributed by atoms with van der Waals surface area (Å²) >= 11 is 0. The minimum Gasteiger partial charge on any atom is -0.496 e. The highest BCUT2D eigenvalue weighted by molar-refractivity contribution is 5.94. The minimum absolute atomic E-state index is 0.0736. The van der Waals surface area contributed by atoms with E-state index < -0.39 is 29.5 Å². The van der Waals surface area contributed by atoms with Gasteiger partial charge in [-0.15, -0.1) is 0 Å². The summed E-state index contributed by atoms with van der Waals surface area (Å²) in [5.74, 6) is -0.674. The molecule has 0 saturated heterocycles. The van der Waals surface area contributed by atoms with E-state index in [0.717, 1.165) is 48.7 Å². The molecule has 2 aromatic heterocycles. The molecule has 12 heteroatoms. The number of aromatic nitrogens is 3.